The number of para-hydroxylation sites is 1. The standard InChI is InChI=1S/C18H17N3S3/c19-16(22)11-20-10-14-17(12-6-2-1-3-7-12)24-15-9-5-4-8-13(15)21(14)18(20)23/h1-9,14,17H,10-11H2,(H2,19,22). The van der Waals surface area contributed by atoms with Crippen LogP contribution in [0.2, 0.25) is 0 Å². The zero-order chi connectivity index (χ0) is 16.7. The van der Waals surface area contributed by atoms with E-state index in [0.29, 0.717) is 16.8 Å². The van der Waals surface area contributed by atoms with E-state index in [-0.39, 0.29) is 6.04 Å². The Balaban J connectivity index is 1.77. The maximum atomic E-state index is 5.77. The number of hydrogen-bond donors (Lipinski definition) is 1. The highest BCUT2D eigenvalue weighted by molar-refractivity contribution is 7.99. The zero-order valence-corrected chi connectivity index (χ0v) is 15.4. The molecule has 0 saturated carbocycles. The van der Waals surface area contributed by atoms with E-state index in [4.69, 9.17) is 30.2 Å². The fraction of sp³-hybridized carbons (Fsp3) is 0.222. The lowest BCUT2D eigenvalue weighted by molar-refractivity contribution is 0.483. The van der Waals surface area contributed by atoms with Crippen LogP contribution in [0.4, 0.5) is 5.69 Å². The molecule has 2 aliphatic heterocycles. The molecule has 122 valence electrons. The largest absolute Gasteiger partial charge is 0.392 e. The SMILES string of the molecule is NC(=S)CN1CC2C(c3ccccc3)Sc3ccccc3N2C1=S. The van der Waals surface area contributed by atoms with Gasteiger partial charge in [0.15, 0.2) is 5.11 Å². The summed E-state index contributed by atoms with van der Waals surface area (Å²) in [6, 6.07) is 19.4. The Bertz CT molecular complexity index is 793. The van der Waals surface area contributed by atoms with Gasteiger partial charge in [-0.25, -0.2) is 0 Å². The molecule has 2 unspecified atom stereocenters. The van der Waals surface area contributed by atoms with E-state index in [1.807, 2.05) is 11.8 Å². The smallest absolute Gasteiger partial charge is 0.176 e. The molecule has 24 heavy (non-hydrogen) atoms. The second-order valence-electron chi connectivity index (χ2n) is 5.98. The lowest BCUT2D eigenvalue weighted by Crippen LogP contribution is -2.40. The van der Waals surface area contributed by atoms with Crippen LogP contribution in [-0.4, -0.2) is 34.1 Å². The molecule has 2 atom stereocenters. The monoisotopic (exact) mass is 371 g/mol. The molecule has 0 aliphatic carbocycles. The Morgan fingerprint density at radius 2 is 1.83 bits per heavy atom. The molecule has 4 rings (SSSR count). The normalized spacial score (nSPS) is 22.2. The van der Waals surface area contributed by atoms with E-state index in [2.05, 4.69) is 64.4 Å². The van der Waals surface area contributed by atoms with Crippen molar-refractivity contribution in [1.82, 2.24) is 4.90 Å². The summed E-state index contributed by atoms with van der Waals surface area (Å²) in [6.45, 7) is 1.38. The van der Waals surface area contributed by atoms with Crippen molar-refractivity contribution in [3.8, 4) is 0 Å². The van der Waals surface area contributed by atoms with E-state index < -0.39 is 0 Å². The molecule has 1 fully saturated rings. The van der Waals surface area contributed by atoms with Gasteiger partial charge in [0, 0.05) is 11.4 Å². The number of nitrogens with two attached hydrogens (primary N) is 1. The molecule has 0 bridgehead atoms. The quantitative estimate of drug-likeness (QED) is 0.830. The average Bonchev–Trinajstić information content (AvgIpc) is 2.91. The summed E-state index contributed by atoms with van der Waals surface area (Å²) < 4.78 is 0. The summed E-state index contributed by atoms with van der Waals surface area (Å²) in [5.74, 6) is 0. The summed E-state index contributed by atoms with van der Waals surface area (Å²) in [4.78, 5) is 6.16. The fourth-order valence-electron chi connectivity index (χ4n) is 3.42. The molecule has 0 radical (unpaired) electrons. The van der Waals surface area contributed by atoms with Crippen LogP contribution < -0.4 is 10.6 Å². The van der Waals surface area contributed by atoms with Crippen LogP contribution in [0.15, 0.2) is 59.5 Å². The second kappa shape index (κ2) is 6.35. The van der Waals surface area contributed by atoms with Crippen LogP contribution in [0.25, 0.3) is 0 Å². The maximum Gasteiger partial charge on any atom is 0.176 e. The molecule has 1 saturated heterocycles. The first-order valence-electron chi connectivity index (χ1n) is 7.82. The van der Waals surface area contributed by atoms with Gasteiger partial charge in [-0.15, -0.1) is 11.8 Å². The van der Waals surface area contributed by atoms with Crippen molar-refractivity contribution in [2.24, 2.45) is 5.73 Å². The number of nitrogens with zero attached hydrogens (tertiary/aromatic N) is 2. The minimum absolute atomic E-state index is 0.286. The Hall–Kier alpha value is -1.63. The van der Waals surface area contributed by atoms with E-state index >= 15 is 0 Å². The molecule has 2 heterocycles. The third-order valence-electron chi connectivity index (χ3n) is 4.42. The predicted octanol–water partition coefficient (Wildman–Crippen LogP) is 3.60. The van der Waals surface area contributed by atoms with Crippen molar-refractivity contribution in [3.63, 3.8) is 0 Å². The highest BCUT2D eigenvalue weighted by Gasteiger charge is 2.44. The third-order valence-corrected chi connectivity index (χ3v) is 6.44. The average molecular weight is 372 g/mol. The van der Waals surface area contributed by atoms with Gasteiger partial charge >= 0.3 is 0 Å². The van der Waals surface area contributed by atoms with Crippen molar-refractivity contribution in [2.45, 2.75) is 16.2 Å². The minimum Gasteiger partial charge on any atom is -0.392 e. The minimum atomic E-state index is 0.286. The number of thiocarbonyl (C=S) groups is 2. The molecular formula is C18H17N3S3. The summed E-state index contributed by atoms with van der Waals surface area (Å²) in [7, 11) is 0. The number of rotatable bonds is 3. The van der Waals surface area contributed by atoms with Gasteiger partial charge < -0.3 is 15.5 Å². The third kappa shape index (κ3) is 2.68. The van der Waals surface area contributed by atoms with Gasteiger partial charge in [-0.3, -0.25) is 0 Å². The van der Waals surface area contributed by atoms with Crippen molar-refractivity contribution in [1.29, 1.82) is 0 Å². The van der Waals surface area contributed by atoms with Crippen LogP contribution in [0, 0.1) is 0 Å². The van der Waals surface area contributed by atoms with Gasteiger partial charge in [0.1, 0.15) is 0 Å². The molecule has 2 aliphatic rings. The highest BCUT2D eigenvalue weighted by Crippen LogP contribution is 2.51. The van der Waals surface area contributed by atoms with Gasteiger partial charge in [0.05, 0.1) is 28.5 Å². The second-order valence-corrected chi connectivity index (χ2v) is 8.06. The van der Waals surface area contributed by atoms with Crippen molar-refractivity contribution in [3.05, 3.63) is 60.2 Å². The molecule has 6 heteroatoms. The van der Waals surface area contributed by atoms with E-state index in [0.717, 1.165) is 11.7 Å². The number of anilines is 1. The number of fused-ring (bicyclic) bond motifs is 3. The first-order valence-corrected chi connectivity index (χ1v) is 9.52. The zero-order valence-electron chi connectivity index (χ0n) is 13.0. The van der Waals surface area contributed by atoms with Crippen LogP contribution >= 0.6 is 36.2 Å². The lowest BCUT2D eigenvalue weighted by Gasteiger charge is -2.37. The molecule has 0 aromatic heterocycles. The molecule has 2 aromatic carbocycles. The Morgan fingerprint density at radius 1 is 1.12 bits per heavy atom. The van der Waals surface area contributed by atoms with Crippen LogP contribution in [0.3, 0.4) is 0 Å². The lowest BCUT2D eigenvalue weighted by atomic mass is 10.0. The fourth-order valence-corrected chi connectivity index (χ4v) is 5.32. The molecule has 0 amide bonds. The van der Waals surface area contributed by atoms with Crippen LogP contribution in [-0.2, 0) is 0 Å². The van der Waals surface area contributed by atoms with Gasteiger partial charge in [-0.05, 0) is 29.9 Å². The van der Waals surface area contributed by atoms with E-state index in [1.54, 1.807) is 0 Å². The maximum absolute atomic E-state index is 5.77. The number of hydrogen-bond acceptors (Lipinski definition) is 3. The highest BCUT2D eigenvalue weighted by atomic mass is 32.2. The van der Waals surface area contributed by atoms with Gasteiger partial charge in [-0.1, -0.05) is 54.7 Å². The van der Waals surface area contributed by atoms with Gasteiger partial charge in [-0.2, -0.15) is 0 Å². The van der Waals surface area contributed by atoms with Gasteiger partial charge in [0.2, 0.25) is 0 Å². The molecule has 3 nitrogen and oxygen atoms in total. The Morgan fingerprint density at radius 3 is 2.58 bits per heavy atom. The molecule has 2 aromatic rings. The molecule has 2 N–H and O–H groups in total. The summed E-state index contributed by atoms with van der Waals surface area (Å²) in [5, 5.41) is 1.15. The predicted molar refractivity (Wildman–Crippen MR) is 109 cm³/mol. The topological polar surface area (TPSA) is 32.5 Å². The first kappa shape index (κ1) is 15.9. The van der Waals surface area contributed by atoms with E-state index in [1.165, 1.54) is 16.1 Å². The van der Waals surface area contributed by atoms with Crippen molar-refractivity contribution >= 4 is 52.0 Å². The van der Waals surface area contributed by atoms with Crippen LogP contribution in [0.1, 0.15) is 10.8 Å². The summed E-state index contributed by atoms with van der Waals surface area (Å²) >= 11 is 12.8. The number of thioether (sulfide) groups is 1. The Kier molecular flexibility index (Phi) is 4.20. The summed E-state index contributed by atoms with van der Waals surface area (Å²) in [6.07, 6.45) is 0. The van der Waals surface area contributed by atoms with Crippen LogP contribution in [0.5, 0.6) is 0 Å². The summed E-state index contributed by atoms with van der Waals surface area (Å²) in [5.41, 5.74) is 8.29. The Labute approximate surface area is 156 Å². The first-order chi connectivity index (χ1) is 11.6. The van der Waals surface area contributed by atoms with Crippen molar-refractivity contribution in [2.75, 3.05) is 18.0 Å². The van der Waals surface area contributed by atoms with Crippen molar-refractivity contribution < 1.29 is 0 Å². The van der Waals surface area contributed by atoms with Gasteiger partial charge in [0.25, 0.3) is 0 Å². The molecular weight excluding hydrogens is 354 g/mol. The number of benzene rings is 2. The molecule has 0 spiro atoms. The van der Waals surface area contributed by atoms with E-state index in [9.17, 15) is 0 Å².